The van der Waals surface area contributed by atoms with Gasteiger partial charge in [0.1, 0.15) is 5.00 Å². The van der Waals surface area contributed by atoms with Gasteiger partial charge in [-0.3, -0.25) is 10.1 Å². The Morgan fingerprint density at radius 3 is 2.25 bits per heavy atom. The molecule has 0 unspecified atom stereocenters. The molecule has 28 heavy (non-hydrogen) atoms. The molecule has 2 aromatic rings. The third kappa shape index (κ3) is 4.89. The lowest BCUT2D eigenvalue weighted by Gasteiger charge is -2.18. The number of benzene rings is 1. The lowest BCUT2D eigenvalue weighted by Crippen LogP contribution is -2.30. The van der Waals surface area contributed by atoms with Gasteiger partial charge in [0, 0.05) is 18.8 Å². The van der Waals surface area contributed by atoms with E-state index in [-0.39, 0.29) is 18.1 Å². The van der Waals surface area contributed by atoms with Crippen LogP contribution in [0, 0.1) is 6.92 Å². The van der Waals surface area contributed by atoms with Gasteiger partial charge >= 0.3 is 12.0 Å². The van der Waals surface area contributed by atoms with Gasteiger partial charge in [-0.1, -0.05) is 18.2 Å². The van der Waals surface area contributed by atoms with Gasteiger partial charge in [0.15, 0.2) is 0 Å². The molecule has 0 saturated heterocycles. The van der Waals surface area contributed by atoms with Gasteiger partial charge in [-0.2, -0.15) is 0 Å². The topological polar surface area (TPSA) is 87.7 Å². The average Bonchev–Trinajstić information content (AvgIpc) is 2.99. The number of esters is 1. The molecule has 2 N–H and O–H groups in total. The van der Waals surface area contributed by atoms with E-state index in [1.54, 1.807) is 43.0 Å². The molecule has 0 atom stereocenters. The molecule has 150 valence electrons. The summed E-state index contributed by atoms with van der Waals surface area (Å²) in [5.41, 5.74) is 1.34. The largest absolute Gasteiger partial charge is 0.462 e. The molecule has 1 aromatic carbocycles. The van der Waals surface area contributed by atoms with Crippen molar-refractivity contribution >= 4 is 39.9 Å². The molecule has 0 radical (unpaired) electrons. The van der Waals surface area contributed by atoms with Crippen LogP contribution in [0.4, 0.5) is 15.5 Å². The van der Waals surface area contributed by atoms with Gasteiger partial charge in [-0.25, -0.2) is 9.59 Å². The van der Waals surface area contributed by atoms with E-state index in [0.29, 0.717) is 34.2 Å². The molecule has 0 aliphatic heterocycles. The average molecular weight is 404 g/mol. The number of anilines is 2. The molecule has 0 spiro atoms. The second-order valence-corrected chi connectivity index (χ2v) is 6.92. The summed E-state index contributed by atoms with van der Waals surface area (Å²) in [6, 6.07) is 8.45. The van der Waals surface area contributed by atoms with E-state index >= 15 is 0 Å². The fourth-order valence-corrected chi connectivity index (χ4v) is 3.85. The zero-order valence-corrected chi connectivity index (χ0v) is 17.3. The zero-order chi connectivity index (χ0) is 20.7. The van der Waals surface area contributed by atoms with E-state index in [1.807, 2.05) is 19.9 Å². The first-order valence-electron chi connectivity index (χ1n) is 9.15. The molecule has 0 aliphatic carbocycles. The summed E-state index contributed by atoms with van der Waals surface area (Å²) in [5, 5.41) is 5.68. The second kappa shape index (κ2) is 9.89. The first kappa shape index (κ1) is 21.4. The Hall–Kier alpha value is -2.87. The lowest BCUT2D eigenvalue weighted by molar-refractivity contribution is 0.0527. The predicted octanol–water partition coefficient (Wildman–Crippen LogP) is 4.36. The fourth-order valence-electron chi connectivity index (χ4n) is 2.70. The van der Waals surface area contributed by atoms with Crippen LogP contribution < -0.4 is 10.6 Å². The smallest absolute Gasteiger partial charge is 0.341 e. The Morgan fingerprint density at radius 2 is 1.68 bits per heavy atom. The van der Waals surface area contributed by atoms with Crippen LogP contribution in [0.15, 0.2) is 30.3 Å². The molecule has 7 nitrogen and oxygen atoms in total. The molecule has 1 aromatic heterocycles. The molecule has 8 heteroatoms. The quantitative estimate of drug-likeness (QED) is 0.673. The third-order valence-corrected chi connectivity index (χ3v) is 5.33. The summed E-state index contributed by atoms with van der Waals surface area (Å²) in [6.07, 6.45) is 0. The Kier molecular flexibility index (Phi) is 7.57. The van der Waals surface area contributed by atoms with Crippen molar-refractivity contribution in [2.45, 2.75) is 27.7 Å². The Balaban J connectivity index is 2.35. The van der Waals surface area contributed by atoms with E-state index in [9.17, 15) is 14.4 Å². The van der Waals surface area contributed by atoms with Gasteiger partial charge in [-0.05, 0) is 45.4 Å². The van der Waals surface area contributed by atoms with E-state index in [1.165, 1.54) is 0 Å². The van der Waals surface area contributed by atoms with Gasteiger partial charge in [0.25, 0.3) is 5.91 Å². The zero-order valence-electron chi connectivity index (χ0n) is 16.5. The number of nitrogens with zero attached hydrogens (tertiary/aromatic N) is 1. The summed E-state index contributed by atoms with van der Waals surface area (Å²) in [7, 11) is 0. The standard InChI is InChI=1S/C20H25N3O4S/c1-5-23(6-2)18(24)16-13(4)15(19(25)27-7-3)17(28-16)22-20(26)21-14-11-9-8-10-12-14/h8-12H,5-7H2,1-4H3,(H2,21,22,26). The first-order chi connectivity index (χ1) is 13.4. The summed E-state index contributed by atoms with van der Waals surface area (Å²) >= 11 is 1.08. The Morgan fingerprint density at radius 1 is 1.04 bits per heavy atom. The van der Waals surface area contributed by atoms with Crippen molar-refractivity contribution in [3.63, 3.8) is 0 Å². The Bertz CT molecular complexity index is 845. The molecule has 2 rings (SSSR count). The maximum absolute atomic E-state index is 12.8. The minimum atomic E-state index is -0.565. The van der Waals surface area contributed by atoms with E-state index in [0.717, 1.165) is 11.3 Å². The van der Waals surface area contributed by atoms with Crippen molar-refractivity contribution in [1.82, 2.24) is 4.90 Å². The molecular formula is C20H25N3O4S. The monoisotopic (exact) mass is 403 g/mol. The van der Waals surface area contributed by atoms with Crippen molar-refractivity contribution in [1.29, 1.82) is 0 Å². The second-order valence-electron chi connectivity index (χ2n) is 5.90. The minimum Gasteiger partial charge on any atom is -0.462 e. The van der Waals surface area contributed by atoms with E-state index in [4.69, 9.17) is 4.74 Å². The van der Waals surface area contributed by atoms with Gasteiger partial charge in [-0.15, -0.1) is 11.3 Å². The van der Waals surface area contributed by atoms with Gasteiger partial charge in [0.2, 0.25) is 0 Å². The van der Waals surface area contributed by atoms with Crippen LogP contribution in [0.1, 0.15) is 46.4 Å². The van der Waals surface area contributed by atoms with Gasteiger partial charge in [0.05, 0.1) is 17.0 Å². The third-order valence-electron chi connectivity index (χ3n) is 4.13. The van der Waals surface area contributed by atoms with Crippen molar-refractivity contribution in [3.05, 3.63) is 46.3 Å². The number of amides is 3. The van der Waals surface area contributed by atoms with Crippen molar-refractivity contribution < 1.29 is 19.1 Å². The maximum Gasteiger partial charge on any atom is 0.341 e. The lowest BCUT2D eigenvalue weighted by atomic mass is 10.1. The molecule has 3 amide bonds. The van der Waals surface area contributed by atoms with E-state index in [2.05, 4.69) is 10.6 Å². The number of carbonyl (C=O) groups is 3. The van der Waals surface area contributed by atoms with E-state index < -0.39 is 12.0 Å². The molecule has 0 bridgehead atoms. The highest BCUT2D eigenvalue weighted by Crippen LogP contribution is 2.34. The molecule has 1 heterocycles. The van der Waals surface area contributed by atoms with Crippen LogP contribution in [0.2, 0.25) is 0 Å². The summed E-state index contributed by atoms with van der Waals surface area (Å²) in [4.78, 5) is 39.7. The van der Waals surface area contributed by atoms with Crippen LogP contribution >= 0.6 is 11.3 Å². The number of para-hydroxylation sites is 1. The number of carbonyl (C=O) groups excluding carboxylic acids is 3. The number of hydrogen-bond acceptors (Lipinski definition) is 5. The molecule has 0 fully saturated rings. The number of thiophene rings is 1. The number of ether oxygens (including phenoxy) is 1. The normalized spacial score (nSPS) is 10.3. The molecule has 0 saturated carbocycles. The fraction of sp³-hybridized carbons (Fsp3) is 0.350. The van der Waals surface area contributed by atoms with Gasteiger partial charge < -0.3 is 15.0 Å². The predicted molar refractivity (Wildman–Crippen MR) is 111 cm³/mol. The van der Waals surface area contributed by atoms with Crippen molar-refractivity contribution in [2.24, 2.45) is 0 Å². The van der Waals surface area contributed by atoms with Crippen LogP contribution in [-0.2, 0) is 4.74 Å². The highest BCUT2D eigenvalue weighted by atomic mass is 32.1. The highest BCUT2D eigenvalue weighted by molar-refractivity contribution is 7.18. The minimum absolute atomic E-state index is 0.172. The first-order valence-corrected chi connectivity index (χ1v) is 9.97. The number of nitrogens with one attached hydrogen (secondary N) is 2. The number of rotatable bonds is 7. The van der Waals surface area contributed by atoms with Crippen LogP contribution in [0.25, 0.3) is 0 Å². The summed E-state index contributed by atoms with van der Waals surface area (Å²) in [6.45, 7) is 8.49. The highest BCUT2D eigenvalue weighted by Gasteiger charge is 2.28. The summed E-state index contributed by atoms with van der Waals surface area (Å²) < 4.78 is 5.13. The Labute approximate surface area is 168 Å². The van der Waals surface area contributed by atoms with Crippen LogP contribution in [-0.4, -0.2) is 42.5 Å². The maximum atomic E-state index is 12.8. The molecular weight excluding hydrogens is 378 g/mol. The van der Waals surface area contributed by atoms with Crippen molar-refractivity contribution in [2.75, 3.05) is 30.3 Å². The molecule has 0 aliphatic rings. The number of urea groups is 1. The summed E-state index contributed by atoms with van der Waals surface area (Å²) in [5.74, 6) is -0.737. The van der Waals surface area contributed by atoms with Crippen LogP contribution in [0.5, 0.6) is 0 Å². The SMILES string of the molecule is CCOC(=O)c1c(NC(=O)Nc2ccccc2)sc(C(=O)N(CC)CC)c1C. The van der Waals surface area contributed by atoms with Crippen molar-refractivity contribution in [3.8, 4) is 0 Å². The van der Waals surface area contributed by atoms with Crippen LogP contribution in [0.3, 0.4) is 0 Å². The number of hydrogen-bond donors (Lipinski definition) is 2.